The topological polar surface area (TPSA) is 79.6 Å². The summed E-state index contributed by atoms with van der Waals surface area (Å²) < 4.78 is 7.42. The molecule has 1 aliphatic heterocycles. The second kappa shape index (κ2) is 10.1. The third kappa shape index (κ3) is 4.68. The van der Waals surface area contributed by atoms with E-state index in [0.717, 1.165) is 39.6 Å². The summed E-state index contributed by atoms with van der Waals surface area (Å²) in [7, 11) is 1.66. The van der Waals surface area contributed by atoms with Crippen LogP contribution in [0.5, 0.6) is 5.75 Å². The Bertz CT molecular complexity index is 1450. The molecular weight excluding hydrogens is 484 g/mol. The third-order valence-electron chi connectivity index (χ3n) is 6.85. The Balaban J connectivity index is 1.60. The molecule has 0 spiro atoms. The zero-order valence-electron chi connectivity index (χ0n) is 20.9. The molecular formula is C29H28N4O3S. The third-order valence-corrected chi connectivity index (χ3v) is 7.20. The molecule has 1 fully saturated rings. The van der Waals surface area contributed by atoms with E-state index in [-0.39, 0.29) is 17.6 Å². The van der Waals surface area contributed by atoms with Gasteiger partial charge in [0.25, 0.3) is 0 Å². The van der Waals surface area contributed by atoms with Gasteiger partial charge in [0, 0.05) is 29.8 Å². The van der Waals surface area contributed by atoms with Gasteiger partial charge in [-0.05, 0) is 85.7 Å². The van der Waals surface area contributed by atoms with Crippen molar-refractivity contribution in [2.45, 2.75) is 32.5 Å². The van der Waals surface area contributed by atoms with Gasteiger partial charge in [-0.25, -0.2) is 4.79 Å². The van der Waals surface area contributed by atoms with Crippen LogP contribution in [0.1, 0.15) is 50.7 Å². The van der Waals surface area contributed by atoms with Gasteiger partial charge in [0.1, 0.15) is 5.75 Å². The molecule has 0 aliphatic carbocycles. The summed E-state index contributed by atoms with van der Waals surface area (Å²) in [5.74, 6) is -0.142. The molecule has 37 heavy (non-hydrogen) atoms. The first-order chi connectivity index (χ1) is 17.9. The maximum atomic E-state index is 11.6. The summed E-state index contributed by atoms with van der Waals surface area (Å²) in [6.07, 6.45) is 1.80. The molecule has 1 saturated heterocycles. The van der Waals surface area contributed by atoms with E-state index >= 15 is 0 Å². The van der Waals surface area contributed by atoms with Crippen LogP contribution in [0.4, 0.5) is 0 Å². The molecule has 0 radical (unpaired) electrons. The van der Waals surface area contributed by atoms with Gasteiger partial charge < -0.3 is 24.6 Å². The molecule has 4 aromatic rings. The van der Waals surface area contributed by atoms with Gasteiger partial charge in [0.2, 0.25) is 0 Å². The van der Waals surface area contributed by atoms with Crippen molar-refractivity contribution in [2.24, 2.45) is 0 Å². The van der Waals surface area contributed by atoms with Gasteiger partial charge in [0.05, 0.1) is 30.5 Å². The molecule has 5 rings (SSSR count). The average Bonchev–Trinajstić information content (AvgIpc) is 3.39. The van der Waals surface area contributed by atoms with Gasteiger partial charge >= 0.3 is 5.97 Å². The standard InChI is InChI=1S/C29H28N4O3S/c1-18-15-24(19(2)33(18)22-8-6-7-21(16-22)28(34)35)27-26(25-9-4-5-14-30-25)31-29(37)32(27)17-20-10-12-23(36-3)13-11-20/h4-16,26-27H,17H2,1-3H3,(H,31,37)(H,34,35)/t26-,27+/m1/s1. The maximum Gasteiger partial charge on any atom is 0.335 e. The number of nitrogens with one attached hydrogen (secondary N) is 1. The number of carboxylic acid groups (broad SMARTS) is 1. The van der Waals surface area contributed by atoms with Crippen molar-refractivity contribution < 1.29 is 14.6 Å². The number of benzene rings is 2. The van der Waals surface area contributed by atoms with Crippen LogP contribution in [0.25, 0.3) is 5.69 Å². The van der Waals surface area contributed by atoms with E-state index in [9.17, 15) is 9.90 Å². The van der Waals surface area contributed by atoms with Crippen LogP contribution >= 0.6 is 12.2 Å². The number of aromatic nitrogens is 2. The molecule has 3 heterocycles. The number of ether oxygens (including phenoxy) is 1. The van der Waals surface area contributed by atoms with Crippen molar-refractivity contribution >= 4 is 23.3 Å². The molecule has 0 amide bonds. The first-order valence-electron chi connectivity index (χ1n) is 12.0. The van der Waals surface area contributed by atoms with Crippen LogP contribution < -0.4 is 10.1 Å². The number of thiocarbonyl (C=S) groups is 1. The second-order valence-electron chi connectivity index (χ2n) is 9.12. The predicted molar refractivity (Wildman–Crippen MR) is 146 cm³/mol. The fraction of sp³-hybridized carbons (Fsp3) is 0.207. The molecule has 7 nitrogen and oxygen atoms in total. The molecule has 0 bridgehead atoms. The molecule has 0 saturated carbocycles. The SMILES string of the molecule is COc1ccc(CN2C(=S)N[C@H](c3ccccn3)[C@@H]2c2cc(C)n(-c3cccc(C(=O)O)c3)c2C)cc1. The lowest BCUT2D eigenvalue weighted by molar-refractivity contribution is 0.0697. The lowest BCUT2D eigenvalue weighted by Gasteiger charge is -2.28. The van der Waals surface area contributed by atoms with E-state index in [1.807, 2.05) is 55.5 Å². The van der Waals surface area contributed by atoms with Gasteiger partial charge in [-0.2, -0.15) is 0 Å². The quantitative estimate of drug-likeness (QED) is 0.322. The van der Waals surface area contributed by atoms with Crippen molar-refractivity contribution in [3.8, 4) is 11.4 Å². The van der Waals surface area contributed by atoms with Crippen molar-refractivity contribution in [3.05, 3.63) is 113 Å². The lowest BCUT2D eigenvalue weighted by Crippen LogP contribution is -2.29. The van der Waals surface area contributed by atoms with Crippen molar-refractivity contribution in [1.82, 2.24) is 19.8 Å². The first-order valence-corrected chi connectivity index (χ1v) is 12.4. The van der Waals surface area contributed by atoms with E-state index in [1.165, 1.54) is 0 Å². The van der Waals surface area contributed by atoms with Gasteiger partial charge in [-0.1, -0.05) is 24.3 Å². The number of carbonyl (C=O) groups is 1. The Kier molecular flexibility index (Phi) is 6.67. The smallest absolute Gasteiger partial charge is 0.335 e. The molecule has 8 heteroatoms. The number of aryl methyl sites for hydroxylation is 1. The zero-order chi connectivity index (χ0) is 26.1. The summed E-state index contributed by atoms with van der Waals surface area (Å²) in [4.78, 5) is 18.5. The number of carboxylic acids is 1. The molecule has 188 valence electrons. The fourth-order valence-corrected chi connectivity index (χ4v) is 5.41. The monoisotopic (exact) mass is 512 g/mol. The highest BCUT2D eigenvalue weighted by Crippen LogP contribution is 2.42. The van der Waals surface area contributed by atoms with Crippen molar-refractivity contribution in [1.29, 1.82) is 0 Å². The number of rotatable bonds is 7. The van der Waals surface area contributed by atoms with Crippen LogP contribution in [-0.2, 0) is 6.54 Å². The molecule has 0 unspecified atom stereocenters. The highest BCUT2D eigenvalue weighted by Gasteiger charge is 2.41. The highest BCUT2D eigenvalue weighted by molar-refractivity contribution is 7.80. The number of hydrogen-bond donors (Lipinski definition) is 2. The minimum absolute atomic E-state index is 0.118. The number of nitrogens with zero attached hydrogens (tertiary/aromatic N) is 3. The minimum atomic E-state index is -0.948. The Labute approximate surface area is 221 Å². The molecule has 2 atom stereocenters. The summed E-state index contributed by atoms with van der Waals surface area (Å²) in [6.45, 7) is 4.72. The molecule has 2 aromatic carbocycles. The van der Waals surface area contributed by atoms with Gasteiger partial charge in [-0.15, -0.1) is 0 Å². The first kappa shape index (κ1) is 24.5. The largest absolute Gasteiger partial charge is 0.497 e. The number of methoxy groups -OCH3 is 1. The second-order valence-corrected chi connectivity index (χ2v) is 9.51. The zero-order valence-corrected chi connectivity index (χ0v) is 21.7. The predicted octanol–water partition coefficient (Wildman–Crippen LogP) is 5.37. The average molecular weight is 513 g/mol. The normalized spacial score (nSPS) is 17.1. The fourth-order valence-electron chi connectivity index (χ4n) is 5.10. The number of aromatic carboxylic acids is 1. The molecule has 2 aromatic heterocycles. The lowest BCUT2D eigenvalue weighted by atomic mass is 9.96. The Morgan fingerprint density at radius 3 is 2.54 bits per heavy atom. The number of hydrogen-bond acceptors (Lipinski definition) is 4. The summed E-state index contributed by atoms with van der Waals surface area (Å²) in [6, 6.07) is 22.8. The summed E-state index contributed by atoms with van der Waals surface area (Å²) in [5, 5.41) is 13.7. The van der Waals surface area contributed by atoms with Crippen LogP contribution in [0.2, 0.25) is 0 Å². The van der Waals surface area contributed by atoms with E-state index < -0.39 is 5.97 Å². The molecule has 2 N–H and O–H groups in total. The minimum Gasteiger partial charge on any atom is -0.497 e. The van der Waals surface area contributed by atoms with Crippen LogP contribution in [-0.4, -0.2) is 37.7 Å². The van der Waals surface area contributed by atoms with E-state index in [0.29, 0.717) is 11.7 Å². The van der Waals surface area contributed by atoms with Crippen molar-refractivity contribution in [2.75, 3.05) is 7.11 Å². The summed E-state index contributed by atoms with van der Waals surface area (Å²) in [5.41, 5.74) is 6.22. The van der Waals surface area contributed by atoms with E-state index in [1.54, 1.807) is 31.5 Å². The van der Waals surface area contributed by atoms with Crippen LogP contribution in [0.3, 0.4) is 0 Å². The molecule has 1 aliphatic rings. The highest BCUT2D eigenvalue weighted by atomic mass is 32.1. The van der Waals surface area contributed by atoms with Crippen LogP contribution in [0.15, 0.2) is 79.0 Å². The van der Waals surface area contributed by atoms with E-state index in [2.05, 4.69) is 32.8 Å². The Morgan fingerprint density at radius 2 is 1.86 bits per heavy atom. The maximum absolute atomic E-state index is 11.6. The summed E-state index contributed by atoms with van der Waals surface area (Å²) >= 11 is 5.85. The van der Waals surface area contributed by atoms with Crippen LogP contribution in [0, 0.1) is 13.8 Å². The van der Waals surface area contributed by atoms with Gasteiger partial charge in [-0.3, -0.25) is 4.98 Å². The Morgan fingerprint density at radius 1 is 1.08 bits per heavy atom. The van der Waals surface area contributed by atoms with E-state index in [4.69, 9.17) is 17.0 Å². The Hall–Kier alpha value is -4.17. The van der Waals surface area contributed by atoms with Crippen molar-refractivity contribution in [3.63, 3.8) is 0 Å². The number of pyridine rings is 1. The van der Waals surface area contributed by atoms with Gasteiger partial charge in [0.15, 0.2) is 5.11 Å².